The highest BCUT2D eigenvalue weighted by atomic mass is 16.5. The van der Waals surface area contributed by atoms with E-state index in [4.69, 9.17) is 4.52 Å². The summed E-state index contributed by atoms with van der Waals surface area (Å²) in [4.78, 5) is 2.33. The first-order valence-corrected chi connectivity index (χ1v) is 4.54. The van der Waals surface area contributed by atoms with Crippen LogP contribution in [0.5, 0.6) is 0 Å². The van der Waals surface area contributed by atoms with E-state index >= 15 is 0 Å². The van der Waals surface area contributed by atoms with Gasteiger partial charge < -0.3 is 4.52 Å². The molecule has 0 radical (unpaired) electrons. The molecule has 0 unspecified atom stereocenters. The van der Waals surface area contributed by atoms with Crippen molar-refractivity contribution in [2.24, 2.45) is 0 Å². The van der Waals surface area contributed by atoms with Crippen LogP contribution in [0.1, 0.15) is 32.0 Å². The Morgan fingerprint density at radius 2 is 2.25 bits per heavy atom. The van der Waals surface area contributed by atoms with Gasteiger partial charge in [-0.1, -0.05) is 25.9 Å². The first-order chi connectivity index (χ1) is 5.90. The highest BCUT2D eigenvalue weighted by Crippen LogP contribution is 2.19. The maximum Gasteiger partial charge on any atom is 0.128 e. The molecule has 0 saturated heterocycles. The van der Waals surface area contributed by atoms with E-state index in [9.17, 15) is 0 Å². The van der Waals surface area contributed by atoms with E-state index in [0.717, 1.165) is 25.3 Å². The Hall–Kier alpha value is -0.830. The molecular formula is C9H16N2O. The Balaban J connectivity index is 0.000000336. The Labute approximate surface area is 73.3 Å². The SMILES string of the molecule is CC.CCN1Cc2conc2C1. The predicted molar refractivity (Wildman–Crippen MR) is 47.6 cm³/mol. The van der Waals surface area contributed by atoms with Gasteiger partial charge in [0.1, 0.15) is 12.0 Å². The van der Waals surface area contributed by atoms with E-state index in [-0.39, 0.29) is 0 Å². The van der Waals surface area contributed by atoms with Crippen molar-refractivity contribution in [3.05, 3.63) is 17.5 Å². The Bertz CT molecular complexity index is 212. The highest BCUT2D eigenvalue weighted by molar-refractivity contribution is 5.18. The van der Waals surface area contributed by atoms with Gasteiger partial charge >= 0.3 is 0 Å². The fourth-order valence-corrected chi connectivity index (χ4v) is 1.27. The fraction of sp³-hybridized carbons (Fsp3) is 0.667. The summed E-state index contributed by atoms with van der Waals surface area (Å²) < 4.78 is 4.80. The lowest BCUT2D eigenvalue weighted by atomic mass is 10.3. The van der Waals surface area contributed by atoms with Crippen molar-refractivity contribution < 1.29 is 4.52 Å². The second kappa shape index (κ2) is 4.26. The average molecular weight is 168 g/mol. The molecule has 0 aromatic carbocycles. The summed E-state index contributed by atoms with van der Waals surface area (Å²) in [6.45, 7) is 9.22. The summed E-state index contributed by atoms with van der Waals surface area (Å²) in [6.07, 6.45) is 1.74. The van der Waals surface area contributed by atoms with Crippen LogP contribution in [0.4, 0.5) is 0 Å². The van der Waals surface area contributed by atoms with E-state index in [1.54, 1.807) is 6.26 Å². The number of fused-ring (bicyclic) bond motifs is 1. The van der Waals surface area contributed by atoms with Gasteiger partial charge in [0.2, 0.25) is 0 Å². The molecule has 0 spiro atoms. The minimum atomic E-state index is 0.961. The molecule has 3 heteroatoms. The molecule has 1 aromatic rings. The van der Waals surface area contributed by atoms with Crippen LogP contribution < -0.4 is 0 Å². The van der Waals surface area contributed by atoms with Gasteiger partial charge in [-0.05, 0) is 6.54 Å². The van der Waals surface area contributed by atoms with E-state index in [0.29, 0.717) is 0 Å². The van der Waals surface area contributed by atoms with Gasteiger partial charge in [-0.3, -0.25) is 4.90 Å². The molecular weight excluding hydrogens is 152 g/mol. The summed E-state index contributed by atoms with van der Waals surface area (Å²) in [6, 6.07) is 0. The molecule has 0 aliphatic carbocycles. The number of rotatable bonds is 1. The van der Waals surface area contributed by atoms with Crippen molar-refractivity contribution >= 4 is 0 Å². The Morgan fingerprint density at radius 1 is 1.50 bits per heavy atom. The topological polar surface area (TPSA) is 29.3 Å². The van der Waals surface area contributed by atoms with Crippen LogP contribution in [-0.4, -0.2) is 16.6 Å². The van der Waals surface area contributed by atoms with Crippen molar-refractivity contribution in [3.63, 3.8) is 0 Å². The van der Waals surface area contributed by atoms with Crippen molar-refractivity contribution in [1.29, 1.82) is 0 Å². The third kappa shape index (κ3) is 1.67. The van der Waals surface area contributed by atoms with E-state index in [2.05, 4.69) is 17.0 Å². The number of hydrogen-bond donors (Lipinski definition) is 0. The van der Waals surface area contributed by atoms with E-state index in [1.807, 2.05) is 13.8 Å². The summed E-state index contributed by atoms with van der Waals surface area (Å²) >= 11 is 0. The van der Waals surface area contributed by atoms with Gasteiger partial charge in [0.15, 0.2) is 0 Å². The van der Waals surface area contributed by atoms with Gasteiger partial charge in [0.25, 0.3) is 0 Å². The summed E-state index contributed by atoms with van der Waals surface area (Å²) in [5.74, 6) is 0. The lowest BCUT2D eigenvalue weighted by Gasteiger charge is -2.09. The van der Waals surface area contributed by atoms with Crippen LogP contribution in [0.15, 0.2) is 10.8 Å². The molecule has 3 nitrogen and oxygen atoms in total. The van der Waals surface area contributed by atoms with Crippen molar-refractivity contribution in [1.82, 2.24) is 10.1 Å². The summed E-state index contributed by atoms with van der Waals surface area (Å²) in [5, 5.41) is 3.88. The number of nitrogens with zero attached hydrogens (tertiary/aromatic N) is 2. The molecule has 1 aromatic heterocycles. The van der Waals surface area contributed by atoms with Crippen LogP contribution in [0.25, 0.3) is 0 Å². The van der Waals surface area contributed by atoms with Gasteiger partial charge in [-0.25, -0.2) is 0 Å². The van der Waals surface area contributed by atoms with Crippen LogP contribution in [-0.2, 0) is 13.1 Å². The minimum absolute atomic E-state index is 0.961. The number of hydrogen-bond acceptors (Lipinski definition) is 3. The first kappa shape index (κ1) is 9.26. The molecule has 68 valence electrons. The molecule has 0 atom stereocenters. The summed E-state index contributed by atoms with van der Waals surface area (Å²) in [7, 11) is 0. The second-order valence-electron chi connectivity index (χ2n) is 2.59. The smallest absolute Gasteiger partial charge is 0.128 e. The molecule has 12 heavy (non-hydrogen) atoms. The van der Waals surface area contributed by atoms with E-state index < -0.39 is 0 Å². The molecule has 2 rings (SSSR count). The first-order valence-electron chi connectivity index (χ1n) is 4.54. The Morgan fingerprint density at radius 3 is 2.83 bits per heavy atom. The maximum absolute atomic E-state index is 4.80. The quantitative estimate of drug-likeness (QED) is 0.642. The minimum Gasteiger partial charge on any atom is -0.364 e. The Kier molecular flexibility index (Phi) is 3.29. The molecule has 0 fully saturated rings. The zero-order valence-corrected chi connectivity index (χ0v) is 8.00. The molecule has 1 aliphatic rings. The molecule has 1 aliphatic heterocycles. The van der Waals surface area contributed by atoms with Gasteiger partial charge in [0.05, 0.1) is 0 Å². The van der Waals surface area contributed by atoms with Gasteiger partial charge in [-0.2, -0.15) is 0 Å². The zero-order valence-electron chi connectivity index (χ0n) is 8.00. The molecule has 0 saturated carbocycles. The third-order valence-corrected chi connectivity index (χ3v) is 1.94. The van der Waals surface area contributed by atoms with Crippen LogP contribution in [0.2, 0.25) is 0 Å². The van der Waals surface area contributed by atoms with Crippen LogP contribution >= 0.6 is 0 Å². The third-order valence-electron chi connectivity index (χ3n) is 1.94. The zero-order chi connectivity index (χ0) is 8.97. The monoisotopic (exact) mass is 168 g/mol. The number of aromatic nitrogens is 1. The fourth-order valence-electron chi connectivity index (χ4n) is 1.27. The maximum atomic E-state index is 4.80. The van der Waals surface area contributed by atoms with Crippen molar-refractivity contribution in [3.8, 4) is 0 Å². The molecule has 2 heterocycles. The van der Waals surface area contributed by atoms with Crippen molar-refractivity contribution in [2.45, 2.75) is 33.9 Å². The van der Waals surface area contributed by atoms with Crippen LogP contribution in [0.3, 0.4) is 0 Å². The average Bonchev–Trinajstić information content (AvgIpc) is 2.65. The molecule has 0 N–H and O–H groups in total. The van der Waals surface area contributed by atoms with Gasteiger partial charge in [-0.15, -0.1) is 0 Å². The standard InChI is InChI=1S/C7H10N2O.C2H6/c1-2-9-3-6-5-10-8-7(6)4-9;1-2/h5H,2-4H2,1H3;1-2H3. The van der Waals surface area contributed by atoms with Crippen molar-refractivity contribution in [2.75, 3.05) is 6.54 Å². The second-order valence-corrected chi connectivity index (χ2v) is 2.59. The largest absolute Gasteiger partial charge is 0.364 e. The lowest BCUT2D eigenvalue weighted by molar-refractivity contribution is 0.282. The highest BCUT2D eigenvalue weighted by Gasteiger charge is 2.20. The normalized spacial score (nSPS) is 15.2. The summed E-state index contributed by atoms with van der Waals surface area (Å²) in [5.41, 5.74) is 2.36. The van der Waals surface area contributed by atoms with Gasteiger partial charge in [0, 0.05) is 18.7 Å². The van der Waals surface area contributed by atoms with Crippen LogP contribution in [0, 0.1) is 0 Å². The predicted octanol–water partition coefficient (Wildman–Crippen LogP) is 2.04. The lowest BCUT2D eigenvalue weighted by Crippen LogP contribution is -2.15. The molecule has 0 amide bonds. The molecule has 0 bridgehead atoms. The van der Waals surface area contributed by atoms with E-state index in [1.165, 1.54) is 5.56 Å².